The molecule has 0 bridgehead atoms. The minimum absolute atomic E-state index is 0.0460. The Morgan fingerprint density at radius 1 is 0.500 bits per heavy atom. The van der Waals surface area contributed by atoms with Gasteiger partial charge in [0.05, 0.1) is 26.4 Å². The summed E-state index contributed by atoms with van der Waals surface area (Å²) in [7, 11) is -4.53. The summed E-state index contributed by atoms with van der Waals surface area (Å²) in [5.74, 6) is -0.387. The number of phosphoric ester groups is 1. The Bertz CT molecular complexity index is 1180. The third-order valence-corrected chi connectivity index (χ3v) is 12.1. The van der Waals surface area contributed by atoms with E-state index in [2.05, 4.69) is 74.6 Å². The van der Waals surface area contributed by atoms with Crippen LogP contribution < -0.4 is 0 Å². The third kappa shape index (κ3) is 49.6. The lowest BCUT2D eigenvalue weighted by atomic mass is 10.0. The van der Waals surface area contributed by atoms with Gasteiger partial charge in [0.15, 0.2) is 0 Å². The maximum absolute atomic E-state index is 12.7. The first-order chi connectivity index (χ1) is 31.3. The van der Waals surface area contributed by atoms with E-state index in [9.17, 15) is 19.4 Å². The van der Waals surface area contributed by atoms with Crippen LogP contribution in [-0.4, -0.2) is 66.3 Å². The molecule has 3 N–H and O–H groups in total. The van der Waals surface area contributed by atoms with Crippen LogP contribution in [0.3, 0.4) is 0 Å². The van der Waals surface area contributed by atoms with E-state index in [0.717, 1.165) is 77.0 Å². The van der Waals surface area contributed by atoms with Crippen molar-refractivity contribution in [2.24, 2.45) is 0 Å². The fraction of sp³-hybridized carbons (Fsp3) is 0.796. The maximum atomic E-state index is 12.7. The van der Waals surface area contributed by atoms with E-state index in [1.807, 2.05) is 0 Å². The van der Waals surface area contributed by atoms with Crippen LogP contribution in [-0.2, 0) is 27.9 Å². The SMILES string of the molecule is CC/C=C\C/C=C\C/C=C\C/C=C\CCCCCCCCCCCCC(=O)OC(COCCCCCCCCCCCC/C=C\CCCCCCCC)COP(=O)(O)OCC(O)CO. The molecule has 0 aliphatic rings. The normalized spacial score (nSPS) is 14.3. The molecule has 0 aliphatic carbocycles. The molecule has 10 heteroatoms. The van der Waals surface area contributed by atoms with Crippen LogP contribution in [0.5, 0.6) is 0 Å². The number of ether oxygens (including phenoxy) is 2. The second-order valence-electron chi connectivity index (χ2n) is 17.5. The molecule has 0 fully saturated rings. The molecule has 0 aromatic rings. The summed E-state index contributed by atoms with van der Waals surface area (Å²) in [4.78, 5) is 22.7. The summed E-state index contributed by atoms with van der Waals surface area (Å²) in [6.07, 6.45) is 60.4. The average molecular weight is 923 g/mol. The van der Waals surface area contributed by atoms with E-state index in [0.29, 0.717) is 6.61 Å². The summed E-state index contributed by atoms with van der Waals surface area (Å²) in [6, 6.07) is 0. The molecule has 0 radical (unpaired) electrons. The van der Waals surface area contributed by atoms with Crippen molar-refractivity contribution in [2.45, 2.75) is 244 Å². The summed E-state index contributed by atoms with van der Waals surface area (Å²) < 4.78 is 33.6. The van der Waals surface area contributed by atoms with Gasteiger partial charge in [-0.2, -0.15) is 0 Å². The van der Waals surface area contributed by atoms with Crippen molar-refractivity contribution in [1.82, 2.24) is 0 Å². The first kappa shape index (κ1) is 62.2. The fourth-order valence-electron chi connectivity index (χ4n) is 7.23. The standard InChI is InChI=1S/C54H99O9P/c1-3-5-7-9-11-13-15-17-19-21-23-25-26-27-28-30-32-34-36-38-40-42-44-46-54(57)63-53(51-62-64(58,59)61-49-52(56)48-55)50-60-47-45-43-41-39-37-35-33-31-29-24-22-20-18-16-14-12-10-8-6-4-2/h5,7,11,13,17-20,23,25,52-53,55-56H,3-4,6,8-10,12,14-16,21-22,24,26-51H2,1-2H3,(H,58,59)/b7-5-,13-11-,19-17-,20-18-,25-23-. The zero-order valence-corrected chi connectivity index (χ0v) is 42.1. The van der Waals surface area contributed by atoms with Crippen LogP contribution in [0.2, 0.25) is 0 Å². The van der Waals surface area contributed by atoms with Gasteiger partial charge in [0.1, 0.15) is 12.2 Å². The minimum Gasteiger partial charge on any atom is -0.457 e. The van der Waals surface area contributed by atoms with Gasteiger partial charge >= 0.3 is 13.8 Å². The Morgan fingerprint density at radius 3 is 1.36 bits per heavy atom. The van der Waals surface area contributed by atoms with Crippen molar-refractivity contribution < 1.29 is 43.0 Å². The van der Waals surface area contributed by atoms with Crippen molar-refractivity contribution in [3.8, 4) is 0 Å². The summed E-state index contributed by atoms with van der Waals surface area (Å²) in [5, 5.41) is 18.4. The summed E-state index contributed by atoms with van der Waals surface area (Å²) >= 11 is 0. The van der Waals surface area contributed by atoms with E-state index in [-0.39, 0.29) is 25.6 Å². The number of allylic oxidation sites excluding steroid dienone is 10. The smallest absolute Gasteiger partial charge is 0.457 e. The monoisotopic (exact) mass is 923 g/mol. The highest BCUT2D eigenvalue weighted by Crippen LogP contribution is 2.43. The van der Waals surface area contributed by atoms with Gasteiger partial charge in [0.25, 0.3) is 0 Å². The zero-order valence-electron chi connectivity index (χ0n) is 41.2. The number of rotatable bonds is 50. The number of hydrogen-bond acceptors (Lipinski definition) is 8. The second-order valence-corrected chi connectivity index (χ2v) is 19.0. The molecule has 0 aromatic heterocycles. The van der Waals surface area contributed by atoms with Crippen molar-refractivity contribution in [2.75, 3.05) is 33.0 Å². The summed E-state index contributed by atoms with van der Waals surface area (Å²) in [5.41, 5.74) is 0. The number of carbonyl (C=O) groups excluding carboxylic acids is 1. The molecule has 0 aliphatic heterocycles. The van der Waals surface area contributed by atoms with Gasteiger partial charge in [-0.15, -0.1) is 0 Å². The molecule has 0 amide bonds. The average Bonchev–Trinajstić information content (AvgIpc) is 3.29. The first-order valence-corrected chi connectivity index (χ1v) is 27.8. The summed E-state index contributed by atoms with van der Waals surface area (Å²) in [6.45, 7) is 3.42. The van der Waals surface area contributed by atoms with Crippen molar-refractivity contribution in [1.29, 1.82) is 0 Å². The number of phosphoric acid groups is 1. The van der Waals surface area contributed by atoms with Gasteiger partial charge in [0.2, 0.25) is 0 Å². The minimum atomic E-state index is -4.53. The lowest BCUT2D eigenvalue weighted by Gasteiger charge is -2.20. The number of aliphatic hydroxyl groups excluding tert-OH is 2. The van der Waals surface area contributed by atoms with Gasteiger partial charge in [0, 0.05) is 13.0 Å². The Labute approximate surface area is 393 Å². The number of unbranched alkanes of at least 4 members (excludes halogenated alkanes) is 26. The van der Waals surface area contributed by atoms with E-state index >= 15 is 0 Å². The van der Waals surface area contributed by atoms with Crippen LogP contribution in [0.1, 0.15) is 232 Å². The van der Waals surface area contributed by atoms with E-state index in [4.69, 9.17) is 23.6 Å². The predicted octanol–water partition coefficient (Wildman–Crippen LogP) is 15.5. The van der Waals surface area contributed by atoms with E-state index < -0.39 is 33.2 Å². The van der Waals surface area contributed by atoms with Gasteiger partial charge < -0.3 is 24.6 Å². The largest absolute Gasteiger partial charge is 0.472 e. The van der Waals surface area contributed by atoms with Gasteiger partial charge in [-0.25, -0.2) is 4.57 Å². The number of esters is 1. The molecule has 0 heterocycles. The molecule has 64 heavy (non-hydrogen) atoms. The first-order valence-electron chi connectivity index (χ1n) is 26.3. The highest BCUT2D eigenvalue weighted by molar-refractivity contribution is 7.47. The molecule has 0 saturated carbocycles. The second kappa shape index (κ2) is 50.6. The molecule has 9 nitrogen and oxygen atoms in total. The van der Waals surface area contributed by atoms with E-state index in [1.165, 1.54) is 135 Å². The molecule has 3 atom stereocenters. The maximum Gasteiger partial charge on any atom is 0.472 e. The molecular formula is C54H99O9P. The quantitative estimate of drug-likeness (QED) is 0.0236. The Morgan fingerprint density at radius 2 is 0.891 bits per heavy atom. The molecule has 3 unspecified atom stereocenters. The van der Waals surface area contributed by atoms with Gasteiger partial charge in [-0.05, 0) is 77.0 Å². The van der Waals surface area contributed by atoms with Crippen molar-refractivity contribution in [3.63, 3.8) is 0 Å². The van der Waals surface area contributed by atoms with Crippen molar-refractivity contribution in [3.05, 3.63) is 60.8 Å². The lowest BCUT2D eigenvalue weighted by Crippen LogP contribution is -2.29. The highest BCUT2D eigenvalue weighted by Gasteiger charge is 2.26. The zero-order chi connectivity index (χ0) is 46.7. The predicted molar refractivity (Wildman–Crippen MR) is 270 cm³/mol. The number of hydrogen-bond donors (Lipinski definition) is 3. The van der Waals surface area contributed by atoms with Gasteiger partial charge in [-0.1, -0.05) is 209 Å². The molecule has 374 valence electrons. The topological polar surface area (TPSA) is 132 Å². The lowest BCUT2D eigenvalue weighted by molar-refractivity contribution is -0.154. The fourth-order valence-corrected chi connectivity index (χ4v) is 8.01. The van der Waals surface area contributed by atoms with Crippen LogP contribution >= 0.6 is 7.82 Å². The number of carbonyl (C=O) groups is 1. The molecule has 0 rings (SSSR count). The van der Waals surface area contributed by atoms with Crippen molar-refractivity contribution >= 4 is 13.8 Å². The van der Waals surface area contributed by atoms with Crippen LogP contribution in [0.25, 0.3) is 0 Å². The Kier molecular flexibility index (Phi) is 49.1. The molecule has 0 spiro atoms. The van der Waals surface area contributed by atoms with E-state index in [1.54, 1.807) is 0 Å². The highest BCUT2D eigenvalue weighted by atomic mass is 31.2. The third-order valence-electron chi connectivity index (χ3n) is 11.2. The van der Waals surface area contributed by atoms with Crippen LogP contribution in [0.15, 0.2) is 60.8 Å². The number of aliphatic hydroxyl groups is 2. The van der Waals surface area contributed by atoms with Crippen LogP contribution in [0, 0.1) is 0 Å². The van der Waals surface area contributed by atoms with Gasteiger partial charge in [-0.3, -0.25) is 13.8 Å². The Balaban J connectivity index is 4.07. The molecule has 0 saturated heterocycles. The molecule has 0 aromatic carbocycles. The Hall–Kier alpha value is -1.84. The molecular weight excluding hydrogens is 824 g/mol. The van der Waals surface area contributed by atoms with Crippen LogP contribution in [0.4, 0.5) is 0 Å².